The van der Waals surface area contributed by atoms with Crippen LogP contribution in [-0.4, -0.2) is 69.0 Å². The van der Waals surface area contributed by atoms with E-state index in [2.05, 4.69) is 28.2 Å². The molecule has 28 heavy (non-hydrogen) atoms. The van der Waals surface area contributed by atoms with Crippen molar-refractivity contribution in [3.05, 3.63) is 28.4 Å². The summed E-state index contributed by atoms with van der Waals surface area (Å²) in [5.41, 5.74) is 10.2. The lowest BCUT2D eigenvalue weighted by atomic mass is 10.3. The fourth-order valence-corrected chi connectivity index (χ4v) is 3.78. The van der Waals surface area contributed by atoms with Gasteiger partial charge in [-0.05, 0) is 16.9 Å². The van der Waals surface area contributed by atoms with E-state index in [-0.39, 0.29) is 24.8 Å². The third-order valence-corrected chi connectivity index (χ3v) is 5.46. The Kier molecular flexibility index (Phi) is 14.4. The summed E-state index contributed by atoms with van der Waals surface area (Å²) in [7, 11) is 2.53. The summed E-state index contributed by atoms with van der Waals surface area (Å²) < 4.78 is 0. The molecule has 0 saturated carbocycles. The second-order valence-electron chi connectivity index (χ2n) is 4.76. The van der Waals surface area contributed by atoms with Gasteiger partial charge in [-0.1, -0.05) is 10.8 Å². The van der Waals surface area contributed by atoms with E-state index >= 15 is 0 Å². The zero-order chi connectivity index (χ0) is 21.5. The van der Waals surface area contributed by atoms with Gasteiger partial charge < -0.3 is 21.7 Å². The Hall–Kier alpha value is -1.62. The molecule has 0 bridgehead atoms. The Bertz CT molecular complexity index is 623. The van der Waals surface area contributed by atoms with Crippen LogP contribution in [0.2, 0.25) is 0 Å². The monoisotopic (exact) mass is 454 g/mol. The highest BCUT2D eigenvalue weighted by atomic mass is 33.1. The molecule has 0 saturated heterocycles. The van der Waals surface area contributed by atoms with Gasteiger partial charge in [0.05, 0.1) is 4.92 Å². The maximum atomic E-state index is 10.8. The fraction of sp³-hybridized carbons (Fsp3) is 0.462. The van der Waals surface area contributed by atoms with E-state index in [1.165, 1.54) is 33.7 Å². The van der Waals surface area contributed by atoms with E-state index in [1.807, 2.05) is 0 Å². The number of hydrogen-bond donors (Lipinski definition) is 7. The first kappa shape index (κ1) is 26.4. The van der Waals surface area contributed by atoms with Gasteiger partial charge in [0, 0.05) is 30.9 Å². The summed E-state index contributed by atoms with van der Waals surface area (Å²) in [4.78, 5) is 34.8. The third-order valence-electron chi connectivity index (χ3n) is 2.82. The Morgan fingerprint density at radius 3 is 2.14 bits per heavy atom. The van der Waals surface area contributed by atoms with E-state index in [0.29, 0.717) is 10.8 Å². The molecule has 0 aliphatic heterocycles. The molecule has 0 spiro atoms. The third kappa shape index (κ3) is 11.3. The molecule has 12 nitrogen and oxygen atoms in total. The maximum Gasteiger partial charge on any atom is 0.321 e. The number of carboxylic acids is 2. The van der Waals surface area contributed by atoms with Crippen molar-refractivity contribution in [2.45, 2.75) is 17.1 Å². The van der Waals surface area contributed by atoms with Gasteiger partial charge in [-0.3, -0.25) is 30.3 Å². The molecular weight excluding hydrogens is 432 g/mol. The molecule has 158 valence electrons. The van der Waals surface area contributed by atoms with Gasteiger partial charge in [-0.15, -0.1) is 0 Å². The molecule has 0 radical (unpaired) electrons. The number of nitro groups is 1. The number of hydrogen-bond acceptors (Lipinski definition) is 12. The van der Waals surface area contributed by atoms with Crippen LogP contribution in [0.25, 0.3) is 0 Å². The van der Waals surface area contributed by atoms with E-state index in [1.54, 1.807) is 0 Å². The van der Waals surface area contributed by atoms with Crippen molar-refractivity contribution in [1.29, 1.82) is 0 Å². The van der Waals surface area contributed by atoms with Crippen LogP contribution in [0.15, 0.2) is 23.4 Å². The number of aliphatic carboxylic acids is 2. The Labute approximate surface area is 174 Å². The first-order valence-corrected chi connectivity index (χ1v) is 10.5. The Morgan fingerprint density at radius 2 is 1.79 bits per heavy atom. The first-order chi connectivity index (χ1) is 13.3. The quantitative estimate of drug-likeness (QED) is 0.0704. The molecule has 15 heteroatoms. The largest absolute Gasteiger partial charge is 0.480 e. The molecule has 0 amide bonds. The van der Waals surface area contributed by atoms with Crippen molar-refractivity contribution >= 4 is 51.8 Å². The average Bonchev–Trinajstić information content (AvgIpc) is 2.66. The zero-order valence-electron chi connectivity index (χ0n) is 14.6. The van der Waals surface area contributed by atoms with Crippen molar-refractivity contribution in [2.24, 2.45) is 11.5 Å². The van der Waals surface area contributed by atoms with Gasteiger partial charge in [-0.2, -0.15) is 12.6 Å². The van der Waals surface area contributed by atoms with Gasteiger partial charge in [0.2, 0.25) is 0 Å². The minimum atomic E-state index is -0.977. The molecule has 0 fully saturated rings. The van der Waals surface area contributed by atoms with Crippen LogP contribution in [0.3, 0.4) is 0 Å². The van der Waals surface area contributed by atoms with Crippen molar-refractivity contribution in [2.75, 3.05) is 24.8 Å². The number of rotatable bonds is 12. The predicted molar refractivity (Wildman–Crippen MR) is 110 cm³/mol. The Balaban J connectivity index is 0.000000684. The van der Waals surface area contributed by atoms with Gasteiger partial charge in [0.25, 0.3) is 5.69 Å². The number of nitrogens with two attached hydrogens (primary N) is 2. The van der Waals surface area contributed by atoms with E-state index in [9.17, 15) is 19.7 Å². The van der Waals surface area contributed by atoms with Gasteiger partial charge in [-0.25, -0.2) is 4.98 Å². The summed E-state index contributed by atoms with van der Waals surface area (Å²) in [6.07, 6.45) is 1.16. The summed E-state index contributed by atoms with van der Waals surface area (Å²) in [5, 5.41) is 33.4. The standard InChI is InChI=1S/C9H12N4O4S2.C4H10N2O2S/c10-5-12-7(9(14)15)4-18-19-8-2-1-6(3-11-8)13(16)17;5-2-6-3(1-9)4(7)8/h1-3,7,12H,4-5,10H2,(H,14,15);3,6,9H,1-2,5H2,(H,7,8)/t7-;3-/m00/s1. The predicted octanol–water partition coefficient (Wildman–Crippen LogP) is -0.436. The summed E-state index contributed by atoms with van der Waals surface area (Å²) >= 11 is 3.79. The molecule has 0 aromatic carbocycles. The molecule has 0 aliphatic rings. The van der Waals surface area contributed by atoms with Crippen molar-refractivity contribution < 1.29 is 24.7 Å². The molecule has 1 aromatic rings. The fourth-order valence-electron chi connectivity index (χ4n) is 1.42. The molecule has 8 N–H and O–H groups in total. The summed E-state index contributed by atoms with van der Waals surface area (Å²) in [5.74, 6) is -1.34. The van der Waals surface area contributed by atoms with Crippen LogP contribution in [0, 0.1) is 10.1 Å². The maximum absolute atomic E-state index is 10.8. The molecule has 1 rings (SSSR count). The van der Waals surface area contributed by atoms with Crippen LogP contribution in [0.4, 0.5) is 5.69 Å². The van der Waals surface area contributed by atoms with E-state index in [4.69, 9.17) is 21.7 Å². The lowest BCUT2D eigenvalue weighted by molar-refractivity contribution is -0.385. The van der Waals surface area contributed by atoms with Crippen molar-refractivity contribution in [1.82, 2.24) is 15.6 Å². The highest BCUT2D eigenvalue weighted by molar-refractivity contribution is 8.76. The van der Waals surface area contributed by atoms with Crippen LogP contribution >= 0.6 is 34.2 Å². The van der Waals surface area contributed by atoms with Crippen molar-refractivity contribution in [3.8, 4) is 0 Å². The topological polar surface area (TPSA) is 207 Å². The SMILES string of the molecule is NCN[C@@H](CS)C(=O)O.NCN[C@@H](CSSc1ccc([N+](=O)[O-])cn1)C(=O)O. The number of aromatic nitrogens is 1. The highest BCUT2D eigenvalue weighted by Crippen LogP contribution is 2.30. The zero-order valence-corrected chi connectivity index (χ0v) is 17.1. The number of nitrogens with zero attached hydrogens (tertiary/aromatic N) is 2. The van der Waals surface area contributed by atoms with E-state index in [0.717, 1.165) is 6.20 Å². The molecular formula is C13H22N6O6S3. The normalized spacial score (nSPS) is 12.4. The number of carbonyl (C=O) groups is 2. The lowest BCUT2D eigenvalue weighted by Gasteiger charge is -2.11. The van der Waals surface area contributed by atoms with Crippen LogP contribution in [0.1, 0.15) is 0 Å². The number of pyridine rings is 1. The van der Waals surface area contributed by atoms with Gasteiger partial charge in [0.1, 0.15) is 23.3 Å². The van der Waals surface area contributed by atoms with Gasteiger partial charge in [0.15, 0.2) is 0 Å². The molecule has 2 atom stereocenters. The summed E-state index contributed by atoms with van der Waals surface area (Å²) in [6.45, 7) is 0.246. The minimum Gasteiger partial charge on any atom is -0.480 e. The van der Waals surface area contributed by atoms with Crippen LogP contribution < -0.4 is 22.1 Å². The number of nitrogens with one attached hydrogen (secondary N) is 2. The highest BCUT2D eigenvalue weighted by Gasteiger charge is 2.16. The van der Waals surface area contributed by atoms with Crippen LogP contribution in [-0.2, 0) is 9.59 Å². The molecule has 1 aromatic heterocycles. The second-order valence-corrected chi connectivity index (χ2v) is 7.49. The molecule has 0 aliphatic carbocycles. The lowest BCUT2D eigenvalue weighted by Crippen LogP contribution is -2.41. The molecule has 0 unspecified atom stereocenters. The second kappa shape index (κ2) is 15.3. The van der Waals surface area contributed by atoms with Gasteiger partial charge >= 0.3 is 11.9 Å². The molecule has 1 heterocycles. The number of thiol groups is 1. The number of carboxylic acid groups (broad SMARTS) is 2. The van der Waals surface area contributed by atoms with E-state index < -0.39 is 28.9 Å². The van der Waals surface area contributed by atoms with Crippen LogP contribution in [0.5, 0.6) is 0 Å². The smallest absolute Gasteiger partial charge is 0.321 e. The Morgan fingerprint density at radius 1 is 1.21 bits per heavy atom. The first-order valence-electron chi connectivity index (χ1n) is 7.60. The minimum absolute atomic E-state index is 0.0810. The average molecular weight is 455 g/mol. The van der Waals surface area contributed by atoms with Crippen molar-refractivity contribution in [3.63, 3.8) is 0 Å². The summed E-state index contributed by atoms with van der Waals surface area (Å²) in [6, 6.07) is 1.50.